The second-order valence-electron chi connectivity index (χ2n) is 6.45. The molecule has 1 aliphatic heterocycles. The summed E-state index contributed by atoms with van der Waals surface area (Å²) in [6.45, 7) is 3.94. The zero-order chi connectivity index (χ0) is 16.6. The summed E-state index contributed by atoms with van der Waals surface area (Å²) in [4.78, 5) is 27.7. The van der Waals surface area contributed by atoms with Gasteiger partial charge >= 0.3 is 0 Å². The van der Waals surface area contributed by atoms with Crippen LogP contribution < -0.4 is 5.32 Å². The largest absolute Gasteiger partial charge is 0.361 e. The molecule has 6 nitrogen and oxygen atoms in total. The van der Waals surface area contributed by atoms with Crippen LogP contribution in [0.2, 0.25) is 0 Å². The van der Waals surface area contributed by atoms with Crippen LogP contribution in [-0.4, -0.2) is 39.2 Å². The molecule has 1 fully saturated rings. The highest BCUT2D eigenvalue weighted by Gasteiger charge is 2.40. The fraction of sp³-hybridized carbons (Fsp3) is 0.412. The number of piperazine rings is 1. The Kier molecular flexibility index (Phi) is 4.09. The number of hydrogen-bond donors (Lipinski definition) is 3. The van der Waals surface area contributed by atoms with Crippen LogP contribution in [-0.2, 0) is 16.0 Å². The molecule has 6 heteroatoms. The van der Waals surface area contributed by atoms with Gasteiger partial charge in [0.15, 0.2) is 0 Å². The lowest BCUT2D eigenvalue weighted by molar-refractivity contribution is -0.189. The molecule has 3 N–H and O–H groups in total. The standard InChI is InChI=1S/C17H21N3O3/c1-10(2)7-14-17(22)20(23)15(16(21)19-14)8-11-9-18-13-6-4-3-5-12(11)13/h3-6,9-10,14-15,18,23H,7-8H2,1-2H3,(H,19,21)/t14-,15+/m0/s1. The van der Waals surface area contributed by atoms with Crippen LogP contribution >= 0.6 is 0 Å². The summed E-state index contributed by atoms with van der Waals surface area (Å²) >= 11 is 0. The number of carbonyl (C=O) groups excluding carboxylic acids is 2. The number of amides is 2. The zero-order valence-electron chi connectivity index (χ0n) is 13.2. The molecule has 1 saturated heterocycles. The number of nitrogens with one attached hydrogen (secondary N) is 2. The smallest absolute Gasteiger partial charge is 0.269 e. The predicted octanol–water partition coefficient (Wildman–Crippen LogP) is 1.84. The molecule has 2 heterocycles. The van der Waals surface area contributed by atoms with Gasteiger partial charge in [-0.3, -0.25) is 14.8 Å². The Morgan fingerprint density at radius 1 is 1.26 bits per heavy atom. The Balaban J connectivity index is 1.81. The van der Waals surface area contributed by atoms with Crippen LogP contribution in [0.25, 0.3) is 10.9 Å². The van der Waals surface area contributed by atoms with E-state index in [0.717, 1.165) is 16.5 Å². The number of H-pyrrole nitrogens is 1. The van der Waals surface area contributed by atoms with Gasteiger partial charge in [0.25, 0.3) is 5.91 Å². The number of nitrogens with zero attached hydrogens (tertiary/aromatic N) is 1. The number of para-hydroxylation sites is 1. The number of benzene rings is 1. The van der Waals surface area contributed by atoms with Gasteiger partial charge in [-0.25, -0.2) is 5.06 Å². The van der Waals surface area contributed by atoms with Crippen molar-refractivity contribution in [1.82, 2.24) is 15.4 Å². The molecule has 0 radical (unpaired) electrons. The normalized spacial score (nSPS) is 22.0. The van der Waals surface area contributed by atoms with Gasteiger partial charge in [0.05, 0.1) is 0 Å². The van der Waals surface area contributed by atoms with E-state index >= 15 is 0 Å². The third-order valence-electron chi connectivity index (χ3n) is 4.23. The summed E-state index contributed by atoms with van der Waals surface area (Å²) in [6.07, 6.45) is 2.60. The third kappa shape index (κ3) is 2.94. The Morgan fingerprint density at radius 2 is 2.00 bits per heavy atom. The van der Waals surface area contributed by atoms with Gasteiger partial charge in [-0.15, -0.1) is 0 Å². The van der Waals surface area contributed by atoms with E-state index in [1.54, 1.807) is 0 Å². The summed E-state index contributed by atoms with van der Waals surface area (Å²) < 4.78 is 0. The number of fused-ring (bicyclic) bond motifs is 1. The van der Waals surface area contributed by atoms with Crippen molar-refractivity contribution >= 4 is 22.7 Å². The maximum absolute atomic E-state index is 12.3. The van der Waals surface area contributed by atoms with E-state index in [1.807, 2.05) is 44.3 Å². The summed E-state index contributed by atoms with van der Waals surface area (Å²) in [5, 5.41) is 14.5. The molecule has 122 valence electrons. The molecule has 1 aliphatic rings. The number of carbonyl (C=O) groups is 2. The summed E-state index contributed by atoms with van der Waals surface area (Å²) in [5.41, 5.74) is 1.86. The fourth-order valence-electron chi connectivity index (χ4n) is 3.07. The molecule has 2 aromatic rings. The lowest BCUT2D eigenvalue weighted by Crippen LogP contribution is -2.63. The maximum atomic E-state index is 12.3. The van der Waals surface area contributed by atoms with Crippen LogP contribution in [0.4, 0.5) is 0 Å². The molecule has 3 rings (SSSR count). The topological polar surface area (TPSA) is 85.4 Å². The SMILES string of the molecule is CC(C)C[C@@H]1NC(=O)[C@@H](Cc2c[nH]c3ccccc23)N(O)C1=O. The average Bonchev–Trinajstić information content (AvgIpc) is 2.92. The highest BCUT2D eigenvalue weighted by molar-refractivity contribution is 5.96. The summed E-state index contributed by atoms with van der Waals surface area (Å²) in [5.74, 6) is -0.506. The zero-order valence-corrected chi connectivity index (χ0v) is 13.2. The minimum absolute atomic E-state index is 0.253. The molecule has 0 unspecified atom stereocenters. The van der Waals surface area contributed by atoms with E-state index in [9.17, 15) is 14.8 Å². The molecular weight excluding hydrogens is 294 g/mol. The predicted molar refractivity (Wildman–Crippen MR) is 85.8 cm³/mol. The Hall–Kier alpha value is -2.34. The molecule has 2 atom stereocenters. The van der Waals surface area contributed by atoms with Crippen molar-refractivity contribution < 1.29 is 14.8 Å². The van der Waals surface area contributed by atoms with Gasteiger partial charge in [0.1, 0.15) is 12.1 Å². The second kappa shape index (κ2) is 6.04. The van der Waals surface area contributed by atoms with Crippen molar-refractivity contribution in [1.29, 1.82) is 0 Å². The molecular formula is C17H21N3O3. The number of aromatic amines is 1. The Morgan fingerprint density at radius 3 is 2.74 bits per heavy atom. The van der Waals surface area contributed by atoms with E-state index in [4.69, 9.17) is 0 Å². The highest BCUT2D eigenvalue weighted by Crippen LogP contribution is 2.22. The van der Waals surface area contributed by atoms with Crippen molar-refractivity contribution in [2.24, 2.45) is 5.92 Å². The van der Waals surface area contributed by atoms with Crippen molar-refractivity contribution in [2.75, 3.05) is 0 Å². The number of aromatic nitrogens is 1. The van der Waals surface area contributed by atoms with Crippen LogP contribution in [0.15, 0.2) is 30.5 Å². The van der Waals surface area contributed by atoms with E-state index < -0.39 is 18.0 Å². The lowest BCUT2D eigenvalue weighted by Gasteiger charge is -2.35. The molecule has 0 saturated carbocycles. The van der Waals surface area contributed by atoms with Crippen LogP contribution in [0.1, 0.15) is 25.8 Å². The van der Waals surface area contributed by atoms with Crippen molar-refractivity contribution in [3.05, 3.63) is 36.0 Å². The monoisotopic (exact) mass is 315 g/mol. The fourth-order valence-corrected chi connectivity index (χ4v) is 3.07. The van der Waals surface area contributed by atoms with E-state index in [-0.39, 0.29) is 18.2 Å². The average molecular weight is 315 g/mol. The first-order valence-corrected chi connectivity index (χ1v) is 7.84. The van der Waals surface area contributed by atoms with Crippen molar-refractivity contribution in [2.45, 2.75) is 38.8 Å². The van der Waals surface area contributed by atoms with E-state index in [1.165, 1.54) is 0 Å². The third-order valence-corrected chi connectivity index (χ3v) is 4.23. The Labute approximate surface area is 134 Å². The van der Waals surface area contributed by atoms with Gasteiger partial charge < -0.3 is 10.3 Å². The summed E-state index contributed by atoms with van der Waals surface area (Å²) in [7, 11) is 0. The van der Waals surface area contributed by atoms with E-state index in [0.29, 0.717) is 11.5 Å². The van der Waals surface area contributed by atoms with Gasteiger partial charge in [-0.1, -0.05) is 32.0 Å². The molecule has 1 aromatic heterocycles. The van der Waals surface area contributed by atoms with Crippen LogP contribution in [0, 0.1) is 5.92 Å². The molecule has 0 bridgehead atoms. The highest BCUT2D eigenvalue weighted by atomic mass is 16.5. The quantitative estimate of drug-likeness (QED) is 0.753. The second-order valence-corrected chi connectivity index (χ2v) is 6.45. The molecule has 0 aliphatic carbocycles. The van der Waals surface area contributed by atoms with Gasteiger partial charge in [0.2, 0.25) is 5.91 Å². The molecule has 0 spiro atoms. The number of rotatable bonds is 4. The van der Waals surface area contributed by atoms with Crippen LogP contribution in [0.3, 0.4) is 0 Å². The number of hydroxylamine groups is 2. The van der Waals surface area contributed by atoms with E-state index in [2.05, 4.69) is 10.3 Å². The first-order valence-electron chi connectivity index (χ1n) is 7.84. The van der Waals surface area contributed by atoms with Crippen molar-refractivity contribution in [3.63, 3.8) is 0 Å². The minimum Gasteiger partial charge on any atom is -0.361 e. The molecule has 1 aromatic carbocycles. The molecule has 23 heavy (non-hydrogen) atoms. The first-order chi connectivity index (χ1) is 11.0. The maximum Gasteiger partial charge on any atom is 0.269 e. The summed E-state index contributed by atoms with van der Waals surface area (Å²) in [6, 6.07) is 6.19. The Bertz CT molecular complexity index is 738. The lowest BCUT2D eigenvalue weighted by atomic mass is 9.97. The van der Waals surface area contributed by atoms with Crippen molar-refractivity contribution in [3.8, 4) is 0 Å². The first kappa shape index (κ1) is 15.6. The minimum atomic E-state index is -0.898. The number of hydrogen-bond acceptors (Lipinski definition) is 3. The van der Waals surface area contributed by atoms with Crippen LogP contribution in [0.5, 0.6) is 0 Å². The molecule has 2 amide bonds. The van der Waals surface area contributed by atoms with Gasteiger partial charge in [-0.05, 0) is 24.0 Å². The van der Waals surface area contributed by atoms with Gasteiger partial charge in [-0.2, -0.15) is 0 Å². The van der Waals surface area contributed by atoms with Gasteiger partial charge in [0, 0.05) is 23.5 Å².